The SMILES string of the molecule is O=C(O)C1CCN(S(=O)(=O)c2ccc(N3CCCC3)c([N+](=O)[O-])c2)CC1. The Bertz CT molecular complexity index is 811. The Morgan fingerprint density at radius 3 is 2.31 bits per heavy atom. The first-order chi connectivity index (χ1) is 12.3. The largest absolute Gasteiger partial charge is 0.481 e. The van der Waals surface area contributed by atoms with Gasteiger partial charge in [-0.25, -0.2) is 8.42 Å². The number of hydrogen-bond donors (Lipinski definition) is 1. The fraction of sp³-hybridized carbons (Fsp3) is 0.562. The van der Waals surface area contributed by atoms with E-state index in [1.165, 1.54) is 16.4 Å². The van der Waals surface area contributed by atoms with Crippen LogP contribution in [0.4, 0.5) is 11.4 Å². The minimum atomic E-state index is -3.89. The van der Waals surface area contributed by atoms with Crippen LogP contribution in [-0.4, -0.2) is 54.9 Å². The average molecular weight is 383 g/mol. The number of piperidine rings is 1. The maximum atomic E-state index is 12.8. The van der Waals surface area contributed by atoms with Crippen LogP contribution in [0.1, 0.15) is 25.7 Å². The number of aliphatic carboxylic acids is 1. The summed E-state index contributed by atoms with van der Waals surface area (Å²) in [7, 11) is -3.89. The van der Waals surface area contributed by atoms with E-state index in [1.807, 2.05) is 4.90 Å². The third kappa shape index (κ3) is 3.51. The molecule has 2 heterocycles. The van der Waals surface area contributed by atoms with Crippen molar-refractivity contribution < 1.29 is 23.2 Å². The first-order valence-electron chi connectivity index (χ1n) is 8.57. The van der Waals surface area contributed by atoms with E-state index in [1.54, 1.807) is 0 Å². The number of hydrogen-bond acceptors (Lipinski definition) is 6. The van der Waals surface area contributed by atoms with Gasteiger partial charge in [-0.3, -0.25) is 14.9 Å². The van der Waals surface area contributed by atoms with Gasteiger partial charge in [0.15, 0.2) is 0 Å². The monoisotopic (exact) mass is 383 g/mol. The zero-order chi connectivity index (χ0) is 18.9. The summed E-state index contributed by atoms with van der Waals surface area (Å²) in [4.78, 5) is 23.7. The number of nitro benzene ring substituents is 1. The average Bonchev–Trinajstić information content (AvgIpc) is 3.15. The lowest BCUT2D eigenvalue weighted by atomic mass is 9.99. The summed E-state index contributed by atoms with van der Waals surface area (Å²) in [6.07, 6.45) is 2.39. The lowest BCUT2D eigenvalue weighted by Gasteiger charge is -2.29. The van der Waals surface area contributed by atoms with Crippen LogP contribution in [0.2, 0.25) is 0 Å². The lowest BCUT2D eigenvalue weighted by molar-refractivity contribution is -0.384. The summed E-state index contributed by atoms with van der Waals surface area (Å²) in [5.41, 5.74) is 0.226. The van der Waals surface area contributed by atoms with Crippen molar-refractivity contribution in [3.05, 3.63) is 28.3 Å². The molecule has 142 valence electrons. The minimum absolute atomic E-state index is 0.0982. The number of carboxylic acids is 1. The normalized spacial score (nSPS) is 19.6. The lowest BCUT2D eigenvalue weighted by Crippen LogP contribution is -2.40. The van der Waals surface area contributed by atoms with Crippen molar-refractivity contribution in [1.82, 2.24) is 4.31 Å². The summed E-state index contributed by atoms with van der Waals surface area (Å²) in [6, 6.07) is 4.02. The van der Waals surface area contributed by atoms with Gasteiger partial charge in [0.1, 0.15) is 5.69 Å². The van der Waals surface area contributed by atoms with E-state index in [0.29, 0.717) is 5.69 Å². The van der Waals surface area contributed by atoms with Gasteiger partial charge in [-0.05, 0) is 37.8 Å². The highest BCUT2D eigenvalue weighted by atomic mass is 32.2. The number of carbonyl (C=O) groups is 1. The number of benzene rings is 1. The highest BCUT2D eigenvalue weighted by molar-refractivity contribution is 7.89. The maximum absolute atomic E-state index is 12.8. The molecular weight excluding hydrogens is 362 g/mol. The molecule has 9 nitrogen and oxygen atoms in total. The Morgan fingerprint density at radius 1 is 1.15 bits per heavy atom. The fourth-order valence-electron chi connectivity index (χ4n) is 3.53. The molecule has 1 aromatic rings. The van der Waals surface area contributed by atoms with Crippen molar-refractivity contribution in [3.8, 4) is 0 Å². The van der Waals surface area contributed by atoms with Crippen molar-refractivity contribution in [2.45, 2.75) is 30.6 Å². The summed E-state index contributed by atoms with van der Waals surface area (Å²) < 4.78 is 26.8. The third-order valence-electron chi connectivity index (χ3n) is 5.03. The van der Waals surface area contributed by atoms with Gasteiger partial charge in [0, 0.05) is 32.2 Å². The van der Waals surface area contributed by atoms with Gasteiger partial charge in [-0.2, -0.15) is 4.31 Å². The van der Waals surface area contributed by atoms with Crippen molar-refractivity contribution in [3.63, 3.8) is 0 Å². The molecule has 0 spiro atoms. The highest BCUT2D eigenvalue weighted by Gasteiger charge is 2.33. The van der Waals surface area contributed by atoms with Crippen molar-refractivity contribution in [1.29, 1.82) is 0 Å². The molecule has 2 saturated heterocycles. The zero-order valence-electron chi connectivity index (χ0n) is 14.2. The molecule has 0 saturated carbocycles. The quantitative estimate of drug-likeness (QED) is 0.606. The maximum Gasteiger partial charge on any atom is 0.306 e. The molecule has 2 aliphatic rings. The number of anilines is 1. The Labute approximate surface area is 151 Å². The summed E-state index contributed by atoms with van der Waals surface area (Å²) in [5.74, 6) is -1.47. The van der Waals surface area contributed by atoms with Crippen LogP contribution in [0.15, 0.2) is 23.1 Å². The van der Waals surface area contributed by atoms with E-state index in [9.17, 15) is 23.3 Å². The molecule has 0 atom stereocenters. The second kappa shape index (κ2) is 7.20. The molecule has 3 rings (SSSR count). The summed E-state index contributed by atoms with van der Waals surface area (Å²) in [5, 5.41) is 20.5. The fourth-order valence-corrected chi connectivity index (χ4v) is 5.02. The van der Waals surface area contributed by atoms with E-state index in [-0.39, 0.29) is 36.5 Å². The van der Waals surface area contributed by atoms with Crippen molar-refractivity contribution >= 4 is 27.4 Å². The number of rotatable bonds is 5. The van der Waals surface area contributed by atoms with E-state index in [4.69, 9.17) is 5.11 Å². The molecule has 0 amide bonds. The summed E-state index contributed by atoms with van der Waals surface area (Å²) in [6.45, 7) is 1.63. The minimum Gasteiger partial charge on any atom is -0.481 e. The zero-order valence-corrected chi connectivity index (χ0v) is 15.0. The summed E-state index contributed by atoms with van der Waals surface area (Å²) >= 11 is 0. The standard InChI is InChI=1S/C16H21N3O6S/c20-16(21)12-5-9-18(10-6-12)26(24,25)13-3-4-14(15(11-13)19(22)23)17-7-1-2-8-17/h3-4,11-12H,1-2,5-10H2,(H,20,21). The third-order valence-corrected chi connectivity index (χ3v) is 6.93. The Kier molecular flexibility index (Phi) is 5.15. The molecule has 1 N–H and O–H groups in total. The van der Waals surface area contributed by atoms with Crippen LogP contribution in [0, 0.1) is 16.0 Å². The highest BCUT2D eigenvalue weighted by Crippen LogP contribution is 2.34. The molecule has 0 aromatic heterocycles. The Hall–Kier alpha value is -2.20. The van der Waals surface area contributed by atoms with Crippen molar-refractivity contribution in [2.24, 2.45) is 5.92 Å². The molecule has 2 aliphatic heterocycles. The van der Waals surface area contributed by atoms with Crippen molar-refractivity contribution in [2.75, 3.05) is 31.1 Å². The van der Waals surface area contributed by atoms with Gasteiger partial charge in [0.2, 0.25) is 10.0 Å². The number of nitrogens with zero attached hydrogens (tertiary/aromatic N) is 3. The predicted octanol–water partition coefficient (Wildman–Crippen LogP) is 1.68. The van der Waals surface area contributed by atoms with Crippen LogP contribution >= 0.6 is 0 Å². The van der Waals surface area contributed by atoms with Gasteiger partial charge in [-0.1, -0.05) is 0 Å². The van der Waals surface area contributed by atoms with E-state index >= 15 is 0 Å². The van der Waals surface area contributed by atoms with Gasteiger partial charge in [0.05, 0.1) is 15.7 Å². The van der Waals surface area contributed by atoms with E-state index in [2.05, 4.69) is 0 Å². The van der Waals surface area contributed by atoms with Crippen LogP contribution in [0.25, 0.3) is 0 Å². The molecule has 0 unspecified atom stereocenters. The first kappa shape index (κ1) is 18.6. The molecule has 0 bridgehead atoms. The van der Waals surface area contributed by atoms with Gasteiger partial charge in [-0.15, -0.1) is 0 Å². The van der Waals surface area contributed by atoms with Gasteiger partial charge >= 0.3 is 5.97 Å². The smallest absolute Gasteiger partial charge is 0.306 e. The van der Waals surface area contributed by atoms with Crippen LogP contribution in [0.3, 0.4) is 0 Å². The second-order valence-electron chi connectivity index (χ2n) is 6.62. The number of carboxylic acid groups (broad SMARTS) is 1. The van der Waals surface area contributed by atoms with Gasteiger partial charge in [0.25, 0.3) is 5.69 Å². The first-order valence-corrected chi connectivity index (χ1v) is 10.0. The Balaban J connectivity index is 1.87. The molecule has 26 heavy (non-hydrogen) atoms. The molecule has 0 aliphatic carbocycles. The molecular formula is C16H21N3O6S. The van der Waals surface area contributed by atoms with E-state index < -0.39 is 26.8 Å². The van der Waals surface area contributed by atoms with Gasteiger partial charge < -0.3 is 10.0 Å². The predicted molar refractivity (Wildman–Crippen MR) is 93.7 cm³/mol. The number of sulfonamides is 1. The number of nitro groups is 1. The molecule has 0 radical (unpaired) electrons. The second-order valence-corrected chi connectivity index (χ2v) is 8.56. The van der Waals surface area contributed by atoms with Crippen LogP contribution in [0.5, 0.6) is 0 Å². The van der Waals surface area contributed by atoms with Crippen LogP contribution in [-0.2, 0) is 14.8 Å². The van der Waals surface area contributed by atoms with Crippen LogP contribution < -0.4 is 4.90 Å². The molecule has 10 heteroatoms. The topological polar surface area (TPSA) is 121 Å². The Morgan fingerprint density at radius 2 is 1.77 bits per heavy atom. The molecule has 2 fully saturated rings. The van der Waals surface area contributed by atoms with E-state index in [0.717, 1.165) is 32.0 Å². The molecule has 1 aromatic carbocycles.